The zero-order chi connectivity index (χ0) is 13.2. The molecule has 2 nitrogen and oxygen atoms in total. The van der Waals surface area contributed by atoms with E-state index >= 15 is 0 Å². The number of rotatable bonds is 1. The summed E-state index contributed by atoms with van der Waals surface area (Å²) in [6, 6.07) is 19.7. The maximum Gasteiger partial charge on any atom is 0.118 e. The van der Waals surface area contributed by atoms with Crippen LogP contribution in [0.2, 0.25) is 0 Å². The van der Waals surface area contributed by atoms with Gasteiger partial charge in [0.25, 0.3) is 0 Å². The van der Waals surface area contributed by atoms with E-state index in [1.54, 1.807) is 0 Å². The Labute approximate surface area is 116 Å². The van der Waals surface area contributed by atoms with Crippen molar-refractivity contribution in [1.29, 1.82) is 5.26 Å². The second-order valence-electron chi connectivity index (χ2n) is 4.21. The molecule has 0 saturated heterocycles. The molecule has 0 bridgehead atoms. The topological polar surface area (TPSA) is 28.2 Å². The third-order valence-electron chi connectivity index (χ3n) is 3.08. The van der Waals surface area contributed by atoms with Gasteiger partial charge in [0.05, 0.1) is 11.1 Å². The van der Waals surface area contributed by atoms with Crippen LogP contribution in [-0.4, -0.2) is 4.40 Å². The Bertz CT molecular complexity index is 842. The molecule has 0 aliphatic carbocycles. The van der Waals surface area contributed by atoms with Gasteiger partial charge in [0, 0.05) is 11.8 Å². The molecule has 1 aromatic carbocycles. The van der Waals surface area contributed by atoms with Crippen LogP contribution in [0, 0.1) is 16.0 Å². The molecule has 0 radical (unpaired) electrons. The summed E-state index contributed by atoms with van der Waals surface area (Å²) in [5.41, 5.74) is 3.42. The van der Waals surface area contributed by atoms with Crippen LogP contribution in [0.25, 0.3) is 16.6 Å². The van der Waals surface area contributed by atoms with Crippen molar-refractivity contribution >= 4 is 17.7 Å². The molecule has 0 unspecified atom stereocenters. The summed E-state index contributed by atoms with van der Waals surface area (Å²) in [6.07, 6.45) is 1.89. The van der Waals surface area contributed by atoms with E-state index in [0.717, 1.165) is 21.3 Å². The number of hydrogen-bond acceptors (Lipinski definition) is 2. The van der Waals surface area contributed by atoms with Crippen LogP contribution in [0.4, 0.5) is 0 Å². The highest BCUT2D eigenvalue weighted by atomic mass is 32.1. The van der Waals surface area contributed by atoms with E-state index in [1.165, 1.54) is 0 Å². The number of nitrogens with zero attached hydrogens (tertiary/aromatic N) is 2. The molecule has 2 heterocycles. The Kier molecular flexibility index (Phi) is 2.86. The quantitative estimate of drug-likeness (QED) is 0.615. The fourth-order valence-corrected chi connectivity index (χ4v) is 2.50. The van der Waals surface area contributed by atoms with Crippen molar-refractivity contribution in [3.8, 4) is 17.2 Å². The summed E-state index contributed by atoms with van der Waals surface area (Å²) in [5, 5.41) is 9.30. The second-order valence-corrected chi connectivity index (χ2v) is 4.60. The average Bonchev–Trinajstić information content (AvgIpc) is 2.49. The molecular weight excluding hydrogens is 252 g/mol. The van der Waals surface area contributed by atoms with E-state index in [1.807, 2.05) is 65.2 Å². The predicted molar refractivity (Wildman–Crippen MR) is 78.4 cm³/mol. The van der Waals surface area contributed by atoms with Crippen LogP contribution in [0.1, 0.15) is 5.56 Å². The number of aromatic nitrogens is 1. The van der Waals surface area contributed by atoms with Crippen LogP contribution in [0.5, 0.6) is 0 Å². The van der Waals surface area contributed by atoms with Gasteiger partial charge in [0.2, 0.25) is 0 Å². The lowest BCUT2D eigenvalue weighted by Crippen LogP contribution is -1.95. The first-order valence-corrected chi connectivity index (χ1v) is 6.32. The molecule has 19 heavy (non-hydrogen) atoms. The largest absolute Gasteiger partial charge is 0.306 e. The van der Waals surface area contributed by atoms with Crippen molar-refractivity contribution in [1.82, 2.24) is 4.40 Å². The Hall–Kier alpha value is -2.44. The van der Waals surface area contributed by atoms with Gasteiger partial charge in [-0.3, -0.25) is 0 Å². The average molecular weight is 262 g/mol. The first-order valence-electron chi connectivity index (χ1n) is 5.91. The van der Waals surface area contributed by atoms with Gasteiger partial charge in [-0.2, -0.15) is 5.26 Å². The van der Waals surface area contributed by atoms with Gasteiger partial charge < -0.3 is 4.40 Å². The lowest BCUT2D eigenvalue weighted by molar-refractivity contribution is 1.14. The highest BCUT2D eigenvalue weighted by Crippen LogP contribution is 2.24. The monoisotopic (exact) mass is 262 g/mol. The SMILES string of the molecule is N#Cc1cc(-c2ccccc2)c(=S)n2ccccc12. The molecule has 0 aliphatic rings. The Morgan fingerprint density at radius 2 is 1.74 bits per heavy atom. The van der Waals surface area contributed by atoms with Crippen LogP contribution in [0.15, 0.2) is 60.8 Å². The lowest BCUT2D eigenvalue weighted by Gasteiger charge is -2.08. The number of hydrogen-bond donors (Lipinski definition) is 0. The summed E-state index contributed by atoms with van der Waals surface area (Å²) < 4.78 is 2.61. The summed E-state index contributed by atoms with van der Waals surface area (Å²) in [6.45, 7) is 0. The predicted octanol–water partition coefficient (Wildman–Crippen LogP) is 4.21. The van der Waals surface area contributed by atoms with Gasteiger partial charge in [-0.1, -0.05) is 48.6 Å². The van der Waals surface area contributed by atoms with Crippen LogP contribution in [0.3, 0.4) is 0 Å². The first kappa shape index (κ1) is 11.6. The van der Waals surface area contributed by atoms with Crippen LogP contribution >= 0.6 is 12.2 Å². The van der Waals surface area contributed by atoms with Crippen molar-refractivity contribution < 1.29 is 0 Å². The fourth-order valence-electron chi connectivity index (χ4n) is 2.16. The maximum atomic E-state index is 9.30. The number of fused-ring (bicyclic) bond motifs is 1. The van der Waals surface area contributed by atoms with Gasteiger partial charge in [-0.05, 0) is 23.8 Å². The Balaban J connectivity index is 2.43. The molecule has 0 amide bonds. The Morgan fingerprint density at radius 1 is 1.00 bits per heavy atom. The Morgan fingerprint density at radius 3 is 2.47 bits per heavy atom. The van der Waals surface area contributed by atoms with Crippen LogP contribution in [-0.2, 0) is 0 Å². The molecular formula is C16H10N2S. The highest BCUT2D eigenvalue weighted by Gasteiger charge is 2.07. The highest BCUT2D eigenvalue weighted by molar-refractivity contribution is 7.71. The molecule has 0 atom stereocenters. The van der Waals surface area contributed by atoms with E-state index in [4.69, 9.17) is 12.2 Å². The number of pyridine rings is 2. The summed E-state index contributed by atoms with van der Waals surface area (Å²) in [4.78, 5) is 0. The number of nitriles is 1. The van der Waals surface area contributed by atoms with E-state index < -0.39 is 0 Å². The molecule has 3 heteroatoms. The lowest BCUT2D eigenvalue weighted by atomic mass is 10.0. The minimum absolute atomic E-state index is 0.632. The van der Waals surface area contributed by atoms with E-state index in [-0.39, 0.29) is 0 Å². The minimum Gasteiger partial charge on any atom is -0.306 e. The molecule has 2 aromatic heterocycles. The van der Waals surface area contributed by atoms with Gasteiger partial charge in [-0.15, -0.1) is 0 Å². The number of benzene rings is 1. The zero-order valence-electron chi connectivity index (χ0n) is 10.1. The molecule has 3 rings (SSSR count). The molecule has 3 aromatic rings. The molecule has 0 aliphatic heterocycles. The maximum absolute atomic E-state index is 9.30. The van der Waals surface area contributed by atoms with Gasteiger partial charge in [0.15, 0.2) is 0 Å². The van der Waals surface area contributed by atoms with Crippen LogP contribution < -0.4 is 0 Å². The normalized spacial score (nSPS) is 10.3. The first-order chi connectivity index (χ1) is 9.31. The van der Waals surface area contributed by atoms with E-state index in [2.05, 4.69) is 6.07 Å². The molecule has 90 valence electrons. The fraction of sp³-hybridized carbons (Fsp3) is 0. The molecule has 0 fully saturated rings. The smallest absolute Gasteiger partial charge is 0.118 e. The molecule has 0 N–H and O–H groups in total. The van der Waals surface area contributed by atoms with E-state index in [9.17, 15) is 5.26 Å². The van der Waals surface area contributed by atoms with E-state index in [0.29, 0.717) is 5.56 Å². The molecule has 0 saturated carbocycles. The summed E-state index contributed by atoms with van der Waals surface area (Å²) in [5.74, 6) is 0. The summed E-state index contributed by atoms with van der Waals surface area (Å²) in [7, 11) is 0. The standard InChI is InChI=1S/C16H10N2S/c17-11-13-10-14(12-6-2-1-3-7-12)16(19)18-9-5-4-8-15(13)18/h1-10H. The summed E-state index contributed by atoms with van der Waals surface area (Å²) >= 11 is 5.54. The minimum atomic E-state index is 0.632. The van der Waals surface area contributed by atoms with Crippen molar-refractivity contribution in [2.75, 3.05) is 0 Å². The van der Waals surface area contributed by atoms with Crippen molar-refractivity contribution in [3.63, 3.8) is 0 Å². The zero-order valence-corrected chi connectivity index (χ0v) is 10.9. The van der Waals surface area contributed by atoms with Gasteiger partial charge in [-0.25, -0.2) is 0 Å². The third kappa shape index (κ3) is 1.92. The van der Waals surface area contributed by atoms with Crippen molar-refractivity contribution in [2.45, 2.75) is 0 Å². The molecule has 0 spiro atoms. The third-order valence-corrected chi connectivity index (χ3v) is 3.50. The van der Waals surface area contributed by atoms with Crippen molar-refractivity contribution in [3.05, 3.63) is 71.0 Å². The second kappa shape index (κ2) is 4.68. The van der Waals surface area contributed by atoms with Gasteiger partial charge >= 0.3 is 0 Å². The van der Waals surface area contributed by atoms with Crippen molar-refractivity contribution in [2.24, 2.45) is 0 Å². The van der Waals surface area contributed by atoms with Gasteiger partial charge in [0.1, 0.15) is 10.7 Å².